The topological polar surface area (TPSA) is 71.4 Å². The largest absolute Gasteiger partial charge is 0.325 e. The number of pyridine rings is 1. The molecule has 6 heteroatoms. The van der Waals surface area contributed by atoms with Gasteiger partial charge in [-0.15, -0.1) is 0 Å². The van der Waals surface area contributed by atoms with Crippen LogP contribution >= 0.6 is 0 Å². The van der Waals surface area contributed by atoms with Crippen LogP contribution in [0.2, 0.25) is 0 Å². The number of carbonyl (C=O) groups is 2. The minimum atomic E-state index is -0.834. The molecular formula is C23H21N3O3. The quantitative estimate of drug-likeness (QED) is 0.703. The van der Waals surface area contributed by atoms with Crippen molar-refractivity contribution in [3.63, 3.8) is 0 Å². The molecule has 1 aromatic heterocycles. The van der Waals surface area contributed by atoms with Gasteiger partial charge in [-0.25, -0.2) is 4.79 Å². The summed E-state index contributed by atoms with van der Waals surface area (Å²) in [7, 11) is 1.71. The number of hydrogen-bond donors (Lipinski definition) is 1. The zero-order valence-corrected chi connectivity index (χ0v) is 16.1. The van der Waals surface area contributed by atoms with E-state index in [0.717, 1.165) is 10.9 Å². The third kappa shape index (κ3) is 2.67. The SMILES string of the molecule is Cn1c(=O)c(CN2C(=O)NC3(CC(c4ccccc4)C3)C2=O)cc2ccccc21. The maximum absolute atomic E-state index is 13.1. The lowest BCUT2D eigenvalue weighted by Crippen LogP contribution is -2.56. The van der Waals surface area contributed by atoms with E-state index in [0.29, 0.717) is 18.4 Å². The second-order valence-electron chi connectivity index (χ2n) is 8.01. The van der Waals surface area contributed by atoms with Crippen molar-refractivity contribution in [2.45, 2.75) is 30.8 Å². The number of carbonyl (C=O) groups excluding carboxylic acids is 2. The van der Waals surface area contributed by atoms with Gasteiger partial charge in [0.1, 0.15) is 5.54 Å². The number of para-hydroxylation sites is 1. The smallest absolute Gasteiger partial charge is 0.323 e. The maximum atomic E-state index is 13.1. The fourth-order valence-electron chi connectivity index (χ4n) is 4.61. The highest BCUT2D eigenvalue weighted by Crippen LogP contribution is 2.47. The van der Waals surface area contributed by atoms with Crippen LogP contribution < -0.4 is 10.9 Å². The van der Waals surface area contributed by atoms with Crippen LogP contribution in [-0.4, -0.2) is 26.9 Å². The number of aryl methyl sites for hydroxylation is 1. The molecule has 3 aromatic rings. The maximum Gasteiger partial charge on any atom is 0.325 e. The van der Waals surface area contributed by atoms with Crippen molar-refractivity contribution >= 4 is 22.8 Å². The van der Waals surface area contributed by atoms with E-state index in [4.69, 9.17) is 0 Å². The van der Waals surface area contributed by atoms with Crippen LogP contribution in [0.4, 0.5) is 4.79 Å². The number of amides is 3. The highest BCUT2D eigenvalue weighted by atomic mass is 16.2. The first-order valence-electron chi connectivity index (χ1n) is 9.75. The summed E-state index contributed by atoms with van der Waals surface area (Å²) in [6.45, 7) is -0.0140. The minimum absolute atomic E-state index is 0.0140. The van der Waals surface area contributed by atoms with Crippen LogP contribution in [0.15, 0.2) is 65.5 Å². The number of nitrogens with one attached hydrogen (secondary N) is 1. The predicted octanol–water partition coefficient (Wildman–Crippen LogP) is 2.91. The number of fused-ring (bicyclic) bond motifs is 1. The molecule has 146 valence electrons. The second-order valence-corrected chi connectivity index (χ2v) is 8.01. The Morgan fingerprint density at radius 3 is 2.45 bits per heavy atom. The monoisotopic (exact) mass is 387 g/mol. The molecule has 0 bridgehead atoms. The molecule has 3 amide bonds. The third-order valence-electron chi connectivity index (χ3n) is 6.24. The van der Waals surface area contributed by atoms with Crippen molar-refractivity contribution in [1.82, 2.24) is 14.8 Å². The first kappa shape index (κ1) is 17.7. The summed E-state index contributed by atoms with van der Waals surface area (Å²) in [5, 5.41) is 3.79. The summed E-state index contributed by atoms with van der Waals surface area (Å²) < 4.78 is 1.56. The molecule has 1 spiro atoms. The molecule has 0 unspecified atom stereocenters. The summed E-state index contributed by atoms with van der Waals surface area (Å²) in [4.78, 5) is 39.6. The van der Waals surface area contributed by atoms with Crippen molar-refractivity contribution in [1.29, 1.82) is 0 Å². The Morgan fingerprint density at radius 1 is 1.00 bits per heavy atom. The van der Waals surface area contributed by atoms with Crippen LogP contribution in [0.3, 0.4) is 0 Å². The molecule has 0 atom stereocenters. The van der Waals surface area contributed by atoms with E-state index in [1.165, 1.54) is 10.5 Å². The van der Waals surface area contributed by atoms with Crippen molar-refractivity contribution in [2.24, 2.45) is 7.05 Å². The molecule has 0 radical (unpaired) electrons. The Labute approximate surface area is 167 Å². The average Bonchev–Trinajstić information content (AvgIpc) is 2.96. The Morgan fingerprint density at radius 2 is 1.69 bits per heavy atom. The molecule has 1 saturated heterocycles. The molecule has 2 fully saturated rings. The van der Waals surface area contributed by atoms with Crippen LogP contribution in [-0.2, 0) is 18.4 Å². The molecule has 1 N–H and O–H groups in total. The fourth-order valence-corrected chi connectivity index (χ4v) is 4.61. The third-order valence-corrected chi connectivity index (χ3v) is 6.24. The second kappa shape index (κ2) is 6.30. The van der Waals surface area contributed by atoms with E-state index < -0.39 is 11.6 Å². The molecule has 1 aliphatic carbocycles. The van der Waals surface area contributed by atoms with Gasteiger partial charge in [0.2, 0.25) is 0 Å². The first-order chi connectivity index (χ1) is 14.0. The highest BCUT2D eigenvalue weighted by molar-refractivity contribution is 6.07. The number of benzene rings is 2. The molecule has 6 nitrogen and oxygen atoms in total. The minimum Gasteiger partial charge on any atom is -0.323 e. The summed E-state index contributed by atoms with van der Waals surface area (Å²) in [6.07, 6.45) is 1.18. The lowest BCUT2D eigenvalue weighted by molar-refractivity contribution is -0.135. The van der Waals surface area contributed by atoms with Crippen LogP contribution in [0.1, 0.15) is 29.9 Å². The number of urea groups is 1. The summed E-state index contributed by atoms with van der Waals surface area (Å²) >= 11 is 0. The van der Waals surface area contributed by atoms with Crippen molar-refractivity contribution in [3.8, 4) is 0 Å². The molecule has 1 aliphatic heterocycles. The van der Waals surface area contributed by atoms with Gasteiger partial charge >= 0.3 is 6.03 Å². The lowest BCUT2D eigenvalue weighted by atomic mass is 9.65. The summed E-state index contributed by atoms with van der Waals surface area (Å²) in [5.41, 5.74) is 1.41. The van der Waals surface area contributed by atoms with Gasteiger partial charge in [0.25, 0.3) is 11.5 Å². The molecule has 2 aromatic carbocycles. The summed E-state index contributed by atoms with van der Waals surface area (Å²) in [5.74, 6) is 0.0267. The van der Waals surface area contributed by atoms with Crippen LogP contribution in [0.25, 0.3) is 10.9 Å². The summed E-state index contributed by atoms with van der Waals surface area (Å²) in [6, 6.07) is 19.0. The lowest BCUT2D eigenvalue weighted by Gasteiger charge is -2.42. The van der Waals surface area contributed by atoms with Crippen LogP contribution in [0.5, 0.6) is 0 Å². The van der Waals surface area contributed by atoms with E-state index in [1.54, 1.807) is 17.7 Å². The molecule has 2 heterocycles. The molecule has 1 saturated carbocycles. The Balaban J connectivity index is 1.40. The van der Waals surface area contributed by atoms with E-state index >= 15 is 0 Å². The molecule has 2 aliphatic rings. The van der Waals surface area contributed by atoms with Gasteiger partial charge in [-0.3, -0.25) is 14.5 Å². The van der Waals surface area contributed by atoms with Gasteiger partial charge in [0.05, 0.1) is 12.1 Å². The molecule has 5 rings (SSSR count). The zero-order chi connectivity index (χ0) is 20.2. The zero-order valence-electron chi connectivity index (χ0n) is 16.1. The van der Waals surface area contributed by atoms with Gasteiger partial charge < -0.3 is 9.88 Å². The van der Waals surface area contributed by atoms with Gasteiger partial charge in [-0.1, -0.05) is 48.5 Å². The Bertz CT molecular complexity index is 1190. The van der Waals surface area contributed by atoms with Gasteiger partial charge in [-0.2, -0.15) is 0 Å². The van der Waals surface area contributed by atoms with Gasteiger partial charge in [-0.05, 0) is 41.8 Å². The van der Waals surface area contributed by atoms with Crippen molar-refractivity contribution in [3.05, 3.63) is 82.1 Å². The average molecular weight is 387 g/mol. The van der Waals surface area contributed by atoms with E-state index in [-0.39, 0.29) is 23.9 Å². The number of imide groups is 1. The van der Waals surface area contributed by atoms with Crippen LogP contribution in [0, 0.1) is 0 Å². The number of aromatic nitrogens is 1. The fraction of sp³-hybridized carbons (Fsp3) is 0.261. The Hall–Kier alpha value is -3.41. The standard InChI is InChI=1S/C23H21N3O3/c1-25-19-10-6-5-9-16(19)11-17(20(25)27)14-26-21(28)23(24-22(26)29)12-18(13-23)15-7-3-2-4-8-15/h2-11,18H,12-14H2,1H3,(H,24,29). The first-order valence-corrected chi connectivity index (χ1v) is 9.75. The highest BCUT2D eigenvalue weighted by Gasteiger charge is 2.58. The van der Waals surface area contributed by atoms with Crippen molar-refractivity contribution < 1.29 is 9.59 Å². The predicted molar refractivity (Wildman–Crippen MR) is 109 cm³/mol. The normalized spacial score (nSPS) is 23.5. The molecular weight excluding hydrogens is 366 g/mol. The van der Waals surface area contributed by atoms with E-state index in [1.807, 2.05) is 42.5 Å². The van der Waals surface area contributed by atoms with E-state index in [2.05, 4.69) is 17.4 Å². The van der Waals surface area contributed by atoms with Crippen molar-refractivity contribution in [2.75, 3.05) is 0 Å². The van der Waals surface area contributed by atoms with E-state index in [9.17, 15) is 14.4 Å². The number of hydrogen-bond acceptors (Lipinski definition) is 3. The Kier molecular flexibility index (Phi) is 3.84. The van der Waals surface area contributed by atoms with Gasteiger partial charge in [0.15, 0.2) is 0 Å². The number of rotatable bonds is 3. The molecule has 29 heavy (non-hydrogen) atoms. The number of nitrogens with zero attached hydrogens (tertiary/aromatic N) is 2. The van der Waals surface area contributed by atoms with Gasteiger partial charge in [0, 0.05) is 12.6 Å².